The number of nitrogens with zero attached hydrogens (tertiary/aromatic N) is 1. The van der Waals surface area contributed by atoms with Crippen molar-refractivity contribution < 1.29 is 0 Å². The van der Waals surface area contributed by atoms with E-state index in [1.165, 1.54) is 60.2 Å². The maximum atomic E-state index is 3.53. The molecule has 2 nitrogen and oxygen atoms in total. The summed E-state index contributed by atoms with van der Waals surface area (Å²) >= 11 is 0. The van der Waals surface area contributed by atoms with E-state index in [-0.39, 0.29) is 0 Å². The lowest BCUT2D eigenvalue weighted by Crippen LogP contribution is -2.21. The molecule has 1 aliphatic rings. The van der Waals surface area contributed by atoms with Gasteiger partial charge in [-0.3, -0.25) is 0 Å². The summed E-state index contributed by atoms with van der Waals surface area (Å²) in [5, 5.41) is 1.32. The Hall–Kier alpha value is -2.06. The van der Waals surface area contributed by atoms with Gasteiger partial charge in [0.2, 0.25) is 0 Å². The van der Waals surface area contributed by atoms with Crippen molar-refractivity contribution in [2.75, 3.05) is 19.6 Å². The third kappa shape index (κ3) is 2.79. The number of benzene rings is 2. The van der Waals surface area contributed by atoms with Crippen LogP contribution in [0.1, 0.15) is 18.4 Å². The number of rotatable bonds is 4. The summed E-state index contributed by atoms with van der Waals surface area (Å²) in [5.74, 6) is 0. The molecule has 0 saturated carbocycles. The van der Waals surface area contributed by atoms with Crippen molar-refractivity contribution in [1.82, 2.24) is 9.88 Å². The molecule has 0 atom stereocenters. The molecule has 1 fully saturated rings. The maximum absolute atomic E-state index is 3.53. The maximum Gasteiger partial charge on any atom is 0.0464 e. The largest absolute Gasteiger partial charge is 0.355 e. The molecule has 2 heteroatoms. The quantitative estimate of drug-likeness (QED) is 0.751. The van der Waals surface area contributed by atoms with Crippen molar-refractivity contribution in [3.63, 3.8) is 0 Å². The second-order valence-corrected chi connectivity index (χ2v) is 6.27. The van der Waals surface area contributed by atoms with Gasteiger partial charge in [0, 0.05) is 23.1 Å². The van der Waals surface area contributed by atoms with Crippen LogP contribution in [0.5, 0.6) is 0 Å². The van der Waals surface area contributed by atoms with Crippen LogP contribution >= 0.6 is 0 Å². The fraction of sp³-hybridized carbons (Fsp3) is 0.300. The average Bonchev–Trinajstić information content (AvgIpc) is 3.22. The Labute approximate surface area is 131 Å². The van der Waals surface area contributed by atoms with E-state index in [4.69, 9.17) is 0 Å². The highest BCUT2D eigenvalue weighted by atomic mass is 15.1. The first kappa shape index (κ1) is 13.6. The van der Waals surface area contributed by atoms with Gasteiger partial charge in [0.1, 0.15) is 0 Å². The van der Waals surface area contributed by atoms with E-state index in [2.05, 4.69) is 64.5 Å². The Morgan fingerprint density at radius 3 is 2.55 bits per heavy atom. The van der Waals surface area contributed by atoms with Gasteiger partial charge in [0.15, 0.2) is 0 Å². The van der Waals surface area contributed by atoms with Crippen molar-refractivity contribution in [3.8, 4) is 11.3 Å². The summed E-state index contributed by atoms with van der Waals surface area (Å²) in [6.45, 7) is 3.76. The third-order valence-electron chi connectivity index (χ3n) is 4.69. The summed E-state index contributed by atoms with van der Waals surface area (Å²) in [6.07, 6.45) is 3.90. The van der Waals surface area contributed by atoms with Crippen LogP contribution in [-0.2, 0) is 6.42 Å². The van der Waals surface area contributed by atoms with E-state index in [0.717, 1.165) is 6.42 Å². The highest BCUT2D eigenvalue weighted by molar-refractivity contribution is 5.86. The molecule has 1 aliphatic heterocycles. The third-order valence-corrected chi connectivity index (χ3v) is 4.69. The molecule has 0 bridgehead atoms. The molecule has 4 rings (SSSR count). The van der Waals surface area contributed by atoms with Gasteiger partial charge < -0.3 is 9.88 Å². The number of hydrogen-bond donors (Lipinski definition) is 1. The molecule has 0 aliphatic carbocycles. The molecule has 2 heterocycles. The van der Waals surface area contributed by atoms with Crippen LogP contribution in [0.3, 0.4) is 0 Å². The van der Waals surface area contributed by atoms with Gasteiger partial charge in [-0.2, -0.15) is 0 Å². The number of hydrogen-bond acceptors (Lipinski definition) is 1. The minimum Gasteiger partial charge on any atom is -0.355 e. The minimum atomic E-state index is 1.15. The zero-order valence-corrected chi connectivity index (χ0v) is 12.9. The number of H-pyrrole nitrogens is 1. The summed E-state index contributed by atoms with van der Waals surface area (Å²) in [4.78, 5) is 6.11. The van der Waals surface area contributed by atoms with Crippen molar-refractivity contribution in [3.05, 3.63) is 60.2 Å². The van der Waals surface area contributed by atoms with Gasteiger partial charge in [-0.1, -0.05) is 36.4 Å². The Bertz CT molecular complexity index is 752. The number of likely N-dealkylation sites (tertiary alicyclic amines) is 1. The molecule has 1 aromatic heterocycles. The first-order chi connectivity index (χ1) is 10.9. The van der Waals surface area contributed by atoms with E-state index in [1.807, 2.05) is 0 Å². The molecule has 0 spiro atoms. The van der Waals surface area contributed by atoms with Crippen LogP contribution in [-0.4, -0.2) is 29.5 Å². The first-order valence-corrected chi connectivity index (χ1v) is 8.28. The highest BCUT2D eigenvalue weighted by Crippen LogP contribution is 2.25. The Kier molecular flexibility index (Phi) is 3.69. The summed E-state index contributed by atoms with van der Waals surface area (Å²) in [6, 6.07) is 19.6. The lowest BCUT2D eigenvalue weighted by molar-refractivity contribution is 0.343. The lowest BCUT2D eigenvalue weighted by Gasteiger charge is -2.14. The zero-order chi connectivity index (χ0) is 14.8. The topological polar surface area (TPSA) is 19.0 Å². The van der Waals surface area contributed by atoms with Crippen LogP contribution in [0.15, 0.2) is 54.6 Å². The molecule has 1 saturated heterocycles. The monoisotopic (exact) mass is 290 g/mol. The predicted molar refractivity (Wildman–Crippen MR) is 93.1 cm³/mol. The summed E-state index contributed by atoms with van der Waals surface area (Å²) in [7, 11) is 0. The standard InChI is InChI=1S/C20H22N2/c1-2-6-17(7-3-1)20-15-18-14-16(8-9-19(18)21-20)10-13-22-11-4-5-12-22/h1-3,6-9,14-15,21H,4-5,10-13H2. The van der Waals surface area contributed by atoms with E-state index in [1.54, 1.807) is 0 Å². The predicted octanol–water partition coefficient (Wildman–Crippen LogP) is 4.47. The highest BCUT2D eigenvalue weighted by Gasteiger charge is 2.11. The Balaban J connectivity index is 1.55. The zero-order valence-electron chi connectivity index (χ0n) is 12.9. The molecule has 22 heavy (non-hydrogen) atoms. The molecule has 3 aromatic rings. The Morgan fingerprint density at radius 2 is 1.73 bits per heavy atom. The van der Waals surface area contributed by atoms with E-state index >= 15 is 0 Å². The number of fused-ring (bicyclic) bond motifs is 1. The number of nitrogens with one attached hydrogen (secondary N) is 1. The molecule has 2 aromatic carbocycles. The van der Waals surface area contributed by atoms with Gasteiger partial charge in [0.05, 0.1) is 0 Å². The van der Waals surface area contributed by atoms with Gasteiger partial charge in [-0.25, -0.2) is 0 Å². The Morgan fingerprint density at radius 1 is 0.909 bits per heavy atom. The first-order valence-electron chi connectivity index (χ1n) is 8.28. The number of aromatic nitrogens is 1. The molecular weight excluding hydrogens is 268 g/mol. The van der Waals surface area contributed by atoms with Gasteiger partial charge in [-0.15, -0.1) is 0 Å². The fourth-order valence-electron chi connectivity index (χ4n) is 3.40. The van der Waals surface area contributed by atoms with Crippen molar-refractivity contribution in [2.45, 2.75) is 19.3 Å². The van der Waals surface area contributed by atoms with Crippen molar-refractivity contribution >= 4 is 10.9 Å². The summed E-state index contributed by atoms with van der Waals surface area (Å²) < 4.78 is 0. The van der Waals surface area contributed by atoms with Crippen LogP contribution in [0.25, 0.3) is 22.2 Å². The minimum absolute atomic E-state index is 1.15. The van der Waals surface area contributed by atoms with Gasteiger partial charge in [0.25, 0.3) is 0 Å². The molecule has 0 unspecified atom stereocenters. The van der Waals surface area contributed by atoms with E-state index < -0.39 is 0 Å². The van der Waals surface area contributed by atoms with Crippen LogP contribution in [0.2, 0.25) is 0 Å². The fourth-order valence-corrected chi connectivity index (χ4v) is 3.40. The lowest BCUT2D eigenvalue weighted by atomic mass is 10.1. The molecule has 0 radical (unpaired) electrons. The van der Waals surface area contributed by atoms with Crippen LogP contribution in [0, 0.1) is 0 Å². The SMILES string of the molecule is c1ccc(-c2cc3cc(CCN4CCCC4)ccc3[nH]2)cc1. The van der Waals surface area contributed by atoms with Crippen molar-refractivity contribution in [1.29, 1.82) is 0 Å². The molecule has 1 N–H and O–H groups in total. The second kappa shape index (κ2) is 5.98. The smallest absolute Gasteiger partial charge is 0.0464 e. The van der Waals surface area contributed by atoms with Gasteiger partial charge in [-0.05, 0) is 61.7 Å². The normalized spacial score (nSPS) is 15.6. The van der Waals surface area contributed by atoms with E-state index in [0.29, 0.717) is 0 Å². The summed E-state index contributed by atoms with van der Waals surface area (Å²) in [5.41, 5.74) is 5.12. The number of aromatic amines is 1. The van der Waals surface area contributed by atoms with Gasteiger partial charge >= 0.3 is 0 Å². The average molecular weight is 290 g/mol. The van der Waals surface area contributed by atoms with Crippen molar-refractivity contribution in [2.24, 2.45) is 0 Å². The van der Waals surface area contributed by atoms with E-state index in [9.17, 15) is 0 Å². The molecular formula is C20H22N2. The van der Waals surface area contributed by atoms with Crippen LogP contribution in [0.4, 0.5) is 0 Å². The molecule has 112 valence electrons. The second-order valence-electron chi connectivity index (χ2n) is 6.27. The van der Waals surface area contributed by atoms with Crippen LogP contribution < -0.4 is 0 Å². The molecule has 0 amide bonds.